The molecule has 0 fully saturated rings. The maximum Gasteiger partial charge on any atom is 0.305 e. The summed E-state index contributed by atoms with van der Waals surface area (Å²) in [5.41, 5.74) is -0.583. The number of fused-ring (bicyclic) bond motifs is 9. The summed E-state index contributed by atoms with van der Waals surface area (Å²) < 4.78 is 25.6. The Labute approximate surface area is 354 Å². The molecule has 0 saturated heterocycles. The van der Waals surface area contributed by atoms with Crippen LogP contribution in [0.25, 0.3) is 0 Å². The van der Waals surface area contributed by atoms with Crippen LogP contribution in [0.1, 0.15) is 68.6 Å². The van der Waals surface area contributed by atoms with Crippen molar-refractivity contribution in [3.05, 3.63) is 123 Å². The molecule has 0 radical (unpaired) electrons. The third-order valence-corrected chi connectivity index (χ3v) is 12.2. The van der Waals surface area contributed by atoms with Crippen LogP contribution in [0.3, 0.4) is 0 Å². The molecule has 18 nitrogen and oxygen atoms in total. The molecule has 0 amide bonds. The summed E-state index contributed by atoms with van der Waals surface area (Å²) in [6, 6.07) is 14.8. The van der Waals surface area contributed by atoms with E-state index in [0.717, 1.165) is 60.7 Å². The average molecular weight is 865 g/mol. The molecule has 63 heavy (non-hydrogen) atoms. The van der Waals surface area contributed by atoms with E-state index >= 15 is 0 Å². The molecule has 14 N–H and O–H groups in total. The van der Waals surface area contributed by atoms with E-state index in [4.69, 9.17) is 18.9 Å². The molecule has 2 bridgehead atoms. The highest BCUT2D eigenvalue weighted by atomic mass is 16.7. The summed E-state index contributed by atoms with van der Waals surface area (Å²) in [6.07, 6.45) is -8.29. The van der Waals surface area contributed by atoms with E-state index in [2.05, 4.69) is 0 Å². The van der Waals surface area contributed by atoms with Crippen LogP contribution in [-0.4, -0.2) is 89.8 Å². The van der Waals surface area contributed by atoms with Crippen LogP contribution < -0.4 is 18.9 Å². The molecule has 8 atom stereocenters. The zero-order chi connectivity index (χ0) is 44.5. The average Bonchev–Trinajstić information content (AvgIpc) is 3.22. The van der Waals surface area contributed by atoms with Crippen LogP contribution in [0.4, 0.5) is 0 Å². The number of benzene rings is 6. The Morgan fingerprint density at radius 3 is 1.62 bits per heavy atom. The normalized spacial score (nSPS) is 25.2. The molecule has 6 aromatic carbocycles. The fourth-order valence-electron chi connectivity index (χ4n) is 9.32. The second kappa shape index (κ2) is 13.6. The number of rotatable bonds is 4. The molecule has 4 aliphatic rings. The van der Waals surface area contributed by atoms with Crippen LogP contribution in [0.15, 0.2) is 78.9 Å². The van der Waals surface area contributed by atoms with Crippen LogP contribution in [-0.2, 0) is 12.2 Å². The Bertz CT molecular complexity index is 2910. The summed E-state index contributed by atoms with van der Waals surface area (Å²) in [7, 11) is 0. The standard InChI is InChI=1S/C45H36O18/c46-18-10-27(54)33-31(11-18)62-45(17-3-6-22(49)26(53)9-17)44(59)38(33)36-32(63-45)14-29(56)35-37(39(58)41(61-43(35)36)16-2-5-21(48)25(52)8-16)34-28(55)13-23(50)19-12-30(57)40(60-42(19)34)15-1-4-20(47)24(51)7-15/h1-11,13-14,30,37-41,44,46-59H,12H2/t30-,37+,38+,39+,40-,41+,44+,45-/m0/s1. The molecule has 0 spiro atoms. The van der Waals surface area contributed by atoms with Gasteiger partial charge in [0.25, 0.3) is 0 Å². The van der Waals surface area contributed by atoms with E-state index in [1.807, 2.05) is 0 Å². The summed E-state index contributed by atoms with van der Waals surface area (Å²) in [5, 5.41) is 155. The summed E-state index contributed by atoms with van der Waals surface area (Å²) >= 11 is 0. The first-order chi connectivity index (χ1) is 30.0. The van der Waals surface area contributed by atoms with Crippen molar-refractivity contribution in [3.8, 4) is 86.2 Å². The molecule has 324 valence electrons. The Morgan fingerprint density at radius 2 is 0.984 bits per heavy atom. The monoisotopic (exact) mass is 864 g/mol. The number of aliphatic hydroxyl groups is 3. The summed E-state index contributed by atoms with van der Waals surface area (Å²) in [5.74, 6) is -12.6. The summed E-state index contributed by atoms with van der Waals surface area (Å²) in [4.78, 5) is 0. The molecule has 4 heterocycles. The maximum atomic E-state index is 12.5. The number of hydrogen-bond acceptors (Lipinski definition) is 18. The molecule has 0 aliphatic carbocycles. The van der Waals surface area contributed by atoms with E-state index < -0.39 is 111 Å². The predicted molar refractivity (Wildman–Crippen MR) is 212 cm³/mol. The highest BCUT2D eigenvalue weighted by Crippen LogP contribution is 2.65. The SMILES string of the molecule is Oc1cc(O)c2c(c1)O[C@@]1(c3ccc(O)c(O)c3)Oc3cc(O)c4c(c3[C@@H]2[C@H]1O)O[C@H](c1ccc(O)c(O)c1)[C@H](O)[C@@H]4c1c(O)cc(O)c2c1O[C@@H](c1ccc(O)c(O)c1)[C@@H](O)C2. The van der Waals surface area contributed by atoms with Crippen LogP contribution in [0.5, 0.6) is 86.2 Å². The number of phenolic OH excluding ortho intramolecular Hbond substituents is 11. The van der Waals surface area contributed by atoms with Gasteiger partial charge in [-0.1, -0.05) is 12.1 Å². The Balaban J connectivity index is 1.25. The maximum absolute atomic E-state index is 12.5. The third kappa shape index (κ3) is 5.68. The largest absolute Gasteiger partial charge is 0.508 e. The second-order valence-corrected chi connectivity index (χ2v) is 15.9. The first kappa shape index (κ1) is 39.3. The van der Waals surface area contributed by atoms with Gasteiger partial charge in [-0.25, -0.2) is 0 Å². The number of ether oxygens (including phenoxy) is 4. The minimum atomic E-state index is -2.31. The lowest BCUT2D eigenvalue weighted by Gasteiger charge is -2.51. The van der Waals surface area contributed by atoms with Gasteiger partial charge in [-0.2, -0.15) is 0 Å². The van der Waals surface area contributed by atoms with Gasteiger partial charge in [-0.05, 0) is 53.6 Å². The van der Waals surface area contributed by atoms with Gasteiger partial charge in [0.2, 0.25) is 0 Å². The minimum Gasteiger partial charge on any atom is -0.508 e. The van der Waals surface area contributed by atoms with E-state index in [9.17, 15) is 71.5 Å². The highest BCUT2D eigenvalue weighted by molar-refractivity contribution is 5.72. The van der Waals surface area contributed by atoms with Gasteiger partial charge in [0.05, 0.1) is 17.9 Å². The van der Waals surface area contributed by atoms with Gasteiger partial charge in [0, 0.05) is 64.1 Å². The van der Waals surface area contributed by atoms with Crippen LogP contribution in [0, 0.1) is 0 Å². The quantitative estimate of drug-likeness (QED) is 0.110. The number of phenols is 11. The fraction of sp³-hybridized carbons (Fsp3) is 0.200. The topological polar surface area (TPSA) is 320 Å². The van der Waals surface area contributed by atoms with Gasteiger partial charge in [-0.15, -0.1) is 0 Å². The smallest absolute Gasteiger partial charge is 0.305 e. The molecule has 0 aromatic heterocycles. The van der Waals surface area contributed by atoms with Crippen molar-refractivity contribution < 1.29 is 90.4 Å². The Kier molecular flexibility index (Phi) is 8.49. The van der Waals surface area contributed by atoms with Gasteiger partial charge < -0.3 is 90.4 Å². The van der Waals surface area contributed by atoms with Crippen molar-refractivity contribution in [1.82, 2.24) is 0 Å². The van der Waals surface area contributed by atoms with Crippen molar-refractivity contribution in [2.75, 3.05) is 0 Å². The lowest BCUT2D eigenvalue weighted by atomic mass is 9.71. The van der Waals surface area contributed by atoms with E-state index in [0.29, 0.717) is 0 Å². The second-order valence-electron chi connectivity index (χ2n) is 15.9. The molecule has 4 aliphatic heterocycles. The number of hydrogen-bond donors (Lipinski definition) is 14. The van der Waals surface area contributed by atoms with Crippen molar-refractivity contribution in [2.45, 2.75) is 54.6 Å². The molecule has 0 unspecified atom stereocenters. The summed E-state index contributed by atoms with van der Waals surface area (Å²) in [6.45, 7) is 0. The van der Waals surface area contributed by atoms with E-state index in [1.165, 1.54) is 18.2 Å². The van der Waals surface area contributed by atoms with E-state index in [-0.39, 0.29) is 73.9 Å². The van der Waals surface area contributed by atoms with Crippen molar-refractivity contribution in [1.29, 1.82) is 0 Å². The lowest BCUT2D eigenvalue weighted by Crippen LogP contribution is -2.57. The third-order valence-electron chi connectivity index (χ3n) is 12.2. The van der Waals surface area contributed by atoms with Gasteiger partial charge >= 0.3 is 5.79 Å². The van der Waals surface area contributed by atoms with Crippen molar-refractivity contribution in [3.63, 3.8) is 0 Å². The Morgan fingerprint density at radius 1 is 0.444 bits per heavy atom. The molecule has 18 heteroatoms. The zero-order valence-corrected chi connectivity index (χ0v) is 32.1. The minimum absolute atomic E-state index is 0.0325. The lowest BCUT2D eigenvalue weighted by molar-refractivity contribution is -0.219. The predicted octanol–water partition coefficient (Wildman–Crippen LogP) is 4.24. The van der Waals surface area contributed by atoms with E-state index in [1.54, 1.807) is 0 Å². The fourth-order valence-corrected chi connectivity index (χ4v) is 9.32. The van der Waals surface area contributed by atoms with Crippen LogP contribution in [0.2, 0.25) is 0 Å². The van der Waals surface area contributed by atoms with Gasteiger partial charge in [0.15, 0.2) is 40.6 Å². The molecule has 6 aromatic rings. The van der Waals surface area contributed by atoms with Crippen molar-refractivity contribution in [2.24, 2.45) is 0 Å². The molecular formula is C45H36O18. The molecule has 10 rings (SSSR count). The van der Waals surface area contributed by atoms with Gasteiger partial charge in [-0.3, -0.25) is 0 Å². The first-order valence-corrected chi connectivity index (χ1v) is 19.3. The molecule has 0 saturated carbocycles. The Hall–Kier alpha value is -7.80. The molecular weight excluding hydrogens is 828 g/mol. The number of aliphatic hydroxyl groups excluding tert-OH is 3. The van der Waals surface area contributed by atoms with Crippen molar-refractivity contribution >= 4 is 0 Å². The van der Waals surface area contributed by atoms with Gasteiger partial charge in [0.1, 0.15) is 70.1 Å². The first-order valence-electron chi connectivity index (χ1n) is 19.3. The zero-order valence-electron chi connectivity index (χ0n) is 32.1. The highest BCUT2D eigenvalue weighted by Gasteiger charge is 2.61. The number of aromatic hydroxyl groups is 11. The van der Waals surface area contributed by atoms with Crippen LogP contribution >= 0.6 is 0 Å².